The third-order valence-corrected chi connectivity index (χ3v) is 4.99. The number of aryl methyl sites for hydroxylation is 2. The van der Waals surface area contributed by atoms with Gasteiger partial charge in [0, 0.05) is 49.7 Å². The summed E-state index contributed by atoms with van der Waals surface area (Å²) < 4.78 is 1.65. The number of hydrogen-bond donors (Lipinski definition) is 0. The highest BCUT2D eigenvalue weighted by Crippen LogP contribution is 2.27. The van der Waals surface area contributed by atoms with Gasteiger partial charge in [0.1, 0.15) is 0 Å². The number of piperazine rings is 1. The van der Waals surface area contributed by atoms with Crippen molar-refractivity contribution in [2.75, 3.05) is 24.5 Å². The first-order valence-electron chi connectivity index (χ1n) is 8.81. The van der Waals surface area contributed by atoms with E-state index < -0.39 is 0 Å². The van der Waals surface area contributed by atoms with Crippen molar-refractivity contribution in [2.45, 2.75) is 19.9 Å². The highest BCUT2D eigenvalue weighted by molar-refractivity contribution is 5.95. The van der Waals surface area contributed by atoms with E-state index in [1.165, 1.54) is 0 Å². The lowest BCUT2D eigenvalue weighted by Gasteiger charge is -2.40. The van der Waals surface area contributed by atoms with Crippen molar-refractivity contribution in [1.29, 1.82) is 0 Å². The van der Waals surface area contributed by atoms with Crippen molar-refractivity contribution in [3.63, 3.8) is 0 Å². The minimum atomic E-state index is 0.0325. The number of carbonyl (C=O) groups excluding carboxylic acids is 1. The number of fused-ring (bicyclic) bond motifs is 1. The van der Waals surface area contributed by atoms with Gasteiger partial charge in [-0.3, -0.25) is 9.48 Å². The van der Waals surface area contributed by atoms with Gasteiger partial charge < -0.3 is 9.80 Å². The van der Waals surface area contributed by atoms with Crippen molar-refractivity contribution in [2.24, 2.45) is 7.05 Å². The highest BCUT2D eigenvalue weighted by atomic mass is 16.2. The molecule has 3 heterocycles. The molecule has 0 saturated carbocycles. The molecule has 0 radical (unpaired) electrons. The summed E-state index contributed by atoms with van der Waals surface area (Å²) in [5.41, 5.74) is 1.57. The van der Waals surface area contributed by atoms with Crippen LogP contribution >= 0.6 is 0 Å². The van der Waals surface area contributed by atoms with Gasteiger partial charge in [0.05, 0.1) is 17.5 Å². The van der Waals surface area contributed by atoms with Crippen LogP contribution in [0.25, 0.3) is 10.8 Å². The Kier molecular flexibility index (Phi) is 4.06. The molecule has 1 atom stereocenters. The third-order valence-electron chi connectivity index (χ3n) is 4.99. The molecule has 0 aliphatic carbocycles. The highest BCUT2D eigenvalue weighted by Gasteiger charge is 2.30. The molecule has 1 fully saturated rings. The number of benzene rings is 1. The summed E-state index contributed by atoms with van der Waals surface area (Å²) in [6, 6.07) is 8.30. The molecule has 0 bridgehead atoms. The predicted octanol–water partition coefficient (Wildman–Crippen LogP) is 2.02. The molecule has 26 heavy (non-hydrogen) atoms. The Morgan fingerprint density at radius 3 is 2.62 bits per heavy atom. The maximum Gasteiger partial charge on any atom is 0.257 e. The van der Waals surface area contributed by atoms with Crippen LogP contribution in [0.3, 0.4) is 0 Å². The van der Waals surface area contributed by atoms with E-state index in [0.29, 0.717) is 12.1 Å². The third kappa shape index (κ3) is 2.79. The van der Waals surface area contributed by atoms with E-state index in [9.17, 15) is 4.79 Å². The SMILES string of the molecule is Cc1nnc(N2CCN(C(=O)c3cnn(C)c3)C(C)C2)c2ccccc12. The minimum absolute atomic E-state index is 0.0325. The zero-order valence-corrected chi connectivity index (χ0v) is 15.3. The Hall–Kier alpha value is -2.96. The molecule has 7 heteroatoms. The number of amides is 1. The second-order valence-corrected chi connectivity index (χ2v) is 6.85. The number of carbonyl (C=O) groups is 1. The second-order valence-electron chi connectivity index (χ2n) is 6.85. The Balaban J connectivity index is 1.58. The lowest BCUT2D eigenvalue weighted by molar-refractivity contribution is 0.0673. The van der Waals surface area contributed by atoms with Crippen molar-refractivity contribution in [1.82, 2.24) is 24.9 Å². The fourth-order valence-corrected chi connectivity index (χ4v) is 3.61. The zero-order chi connectivity index (χ0) is 18.3. The van der Waals surface area contributed by atoms with Gasteiger partial charge >= 0.3 is 0 Å². The van der Waals surface area contributed by atoms with Crippen LogP contribution in [-0.4, -0.2) is 56.5 Å². The van der Waals surface area contributed by atoms with E-state index in [-0.39, 0.29) is 11.9 Å². The smallest absolute Gasteiger partial charge is 0.257 e. The van der Waals surface area contributed by atoms with Crippen LogP contribution in [0.15, 0.2) is 36.7 Å². The normalized spacial score (nSPS) is 17.7. The Morgan fingerprint density at radius 2 is 1.92 bits per heavy atom. The van der Waals surface area contributed by atoms with Gasteiger partial charge in [0.2, 0.25) is 0 Å². The standard InChI is InChI=1S/C19H22N6O/c1-13-11-24(8-9-25(13)19(26)15-10-20-23(3)12-15)18-17-7-5-4-6-16(17)14(2)21-22-18/h4-7,10,12-13H,8-9,11H2,1-3H3. The first-order valence-corrected chi connectivity index (χ1v) is 8.81. The molecule has 4 rings (SSSR count). The molecule has 3 aromatic rings. The summed E-state index contributed by atoms with van der Waals surface area (Å²) in [6.45, 7) is 6.17. The Morgan fingerprint density at radius 1 is 1.15 bits per heavy atom. The molecule has 7 nitrogen and oxygen atoms in total. The summed E-state index contributed by atoms with van der Waals surface area (Å²) in [6.07, 6.45) is 3.39. The summed E-state index contributed by atoms with van der Waals surface area (Å²) in [7, 11) is 1.82. The van der Waals surface area contributed by atoms with Crippen LogP contribution in [-0.2, 0) is 7.05 Å². The molecule has 0 N–H and O–H groups in total. The monoisotopic (exact) mass is 350 g/mol. The average Bonchev–Trinajstić information content (AvgIpc) is 3.08. The number of nitrogens with zero attached hydrogens (tertiary/aromatic N) is 6. The molecule has 134 valence electrons. The lowest BCUT2D eigenvalue weighted by atomic mass is 10.1. The molecule has 2 aromatic heterocycles. The van der Waals surface area contributed by atoms with Crippen molar-refractivity contribution in [3.8, 4) is 0 Å². The van der Waals surface area contributed by atoms with Crippen LogP contribution in [0.5, 0.6) is 0 Å². The second kappa shape index (κ2) is 6.40. The van der Waals surface area contributed by atoms with Crippen LogP contribution in [0.4, 0.5) is 5.82 Å². The molecule has 0 spiro atoms. The van der Waals surface area contributed by atoms with Crippen molar-refractivity contribution >= 4 is 22.5 Å². The van der Waals surface area contributed by atoms with Crippen LogP contribution in [0, 0.1) is 6.92 Å². The molecule has 1 aromatic carbocycles. The van der Waals surface area contributed by atoms with Gasteiger partial charge in [-0.2, -0.15) is 10.2 Å². The van der Waals surface area contributed by atoms with Gasteiger partial charge in [-0.15, -0.1) is 5.10 Å². The first-order chi connectivity index (χ1) is 12.5. The van der Waals surface area contributed by atoms with E-state index in [1.807, 2.05) is 31.0 Å². The number of rotatable bonds is 2. The summed E-state index contributed by atoms with van der Waals surface area (Å²) >= 11 is 0. The van der Waals surface area contributed by atoms with Crippen LogP contribution < -0.4 is 4.90 Å². The first kappa shape index (κ1) is 16.5. The maximum absolute atomic E-state index is 12.7. The maximum atomic E-state index is 12.7. The largest absolute Gasteiger partial charge is 0.351 e. The predicted molar refractivity (Wildman–Crippen MR) is 100 cm³/mol. The fraction of sp³-hybridized carbons (Fsp3) is 0.368. The van der Waals surface area contributed by atoms with Crippen LogP contribution in [0.1, 0.15) is 23.0 Å². The summed E-state index contributed by atoms with van der Waals surface area (Å²) in [4.78, 5) is 16.9. The fourth-order valence-electron chi connectivity index (χ4n) is 3.61. The van der Waals surface area contributed by atoms with E-state index in [2.05, 4.69) is 39.3 Å². The minimum Gasteiger partial charge on any atom is -0.351 e. The van der Waals surface area contributed by atoms with Crippen LogP contribution in [0.2, 0.25) is 0 Å². The van der Waals surface area contributed by atoms with Crippen molar-refractivity contribution < 1.29 is 4.79 Å². The molecular weight excluding hydrogens is 328 g/mol. The number of aromatic nitrogens is 4. The zero-order valence-electron chi connectivity index (χ0n) is 15.3. The van der Waals surface area contributed by atoms with E-state index in [4.69, 9.17) is 0 Å². The number of hydrogen-bond acceptors (Lipinski definition) is 5. The quantitative estimate of drug-likeness (QED) is 0.707. The van der Waals surface area contributed by atoms with Gasteiger partial charge in [-0.05, 0) is 13.8 Å². The molecule has 1 aliphatic heterocycles. The lowest BCUT2D eigenvalue weighted by Crippen LogP contribution is -2.54. The van der Waals surface area contributed by atoms with E-state index in [1.54, 1.807) is 17.1 Å². The summed E-state index contributed by atoms with van der Waals surface area (Å²) in [5, 5.41) is 15.1. The Bertz CT molecular complexity index is 966. The number of anilines is 1. The molecule has 1 aliphatic rings. The van der Waals surface area contributed by atoms with Gasteiger partial charge in [-0.1, -0.05) is 24.3 Å². The average molecular weight is 350 g/mol. The molecular formula is C19H22N6O. The molecule has 1 saturated heterocycles. The van der Waals surface area contributed by atoms with Gasteiger partial charge in [0.15, 0.2) is 5.82 Å². The Labute approximate surface area is 152 Å². The summed E-state index contributed by atoms with van der Waals surface area (Å²) in [5.74, 6) is 0.927. The molecule has 1 unspecified atom stereocenters. The van der Waals surface area contributed by atoms with Gasteiger partial charge in [0.25, 0.3) is 5.91 Å². The van der Waals surface area contributed by atoms with E-state index in [0.717, 1.165) is 35.4 Å². The van der Waals surface area contributed by atoms with Crippen molar-refractivity contribution in [3.05, 3.63) is 47.9 Å². The molecule has 1 amide bonds. The topological polar surface area (TPSA) is 67.2 Å². The van der Waals surface area contributed by atoms with Gasteiger partial charge in [-0.25, -0.2) is 0 Å². The van der Waals surface area contributed by atoms with E-state index >= 15 is 0 Å².